The molecule has 0 aliphatic carbocycles. The van der Waals surface area contributed by atoms with Gasteiger partial charge in [0.25, 0.3) is 0 Å². The summed E-state index contributed by atoms with van der Waals surface area (Å²) >= 11 is 1.10. The lowest BCUT2D eigenvalue weighted by molar-refractivity contribution is 0.0701. The van der Waals surface area contributed by atoms with Gasteiger partial charge in [-0.2, -0.15) is 0 Å². The molecule has 104 valence electrons. The van der Waals surface area contributed by atoms with Crippen LogP contribution in [0.5, 0.6) is 0 Å². The summed E-state index contributed by atoms with van der Waals surface area (Å²) in [7, 11) is 0. The van der Waals surface area contributed by atoms with E-state index in [9.17, 15) is 9.59 Å². The molecule has 0 atom stereocenters. The summed E-state index contributed by atoms with van der Waals surface area (Å²) in [6.07, 6.45) is 0. The second kappa shape index (κ2) is 5.98. The number of aromatic nitrogens is 1. The van der Waals surface area contributed by atoms with Crippen LogP contribution in [0, 0.1) is 6.92 Å². The van der Waals surface area contributed by atoms with Gasteiger partial charge in [-0.05, 0) is 6.92 Å². The first-order chi connectivity index (χ1) is 9.08. The van der Waals surface area contributed by atoms with Crippen molar-refractivity contribution in [2.45, 2.75) is 13.5 Å². The van der Waals surface area contributed by atoms with Crippen molar-refractivity contribution in [3.63, 3.8) is 0 Å². The van der Waals surface area contributed by atoms with E-state index in [4.69, 9.17) is 5.11 Å². The van der Waals surface area contributed by atoms with Gasteiger partial charge < -0.3 is 20.6 Å². The SMILES string of the molecule is Cc1nc(CNC(=O)N2CCNCC2)sc1C(=O)O. The van der Waals surface area contributed by atoms with Crippen LogP contribution in [0.2, 0.25) is 0 Å². The largest absolute Gasteiger partial charge is 0.477 e. The Bertz CT molecular complexity index is 482. The summed E-state index contributed by atoms with van der Waals surface area (Å²) in [5.74, 6) is -0.977. The molecule has 1 aromatic rings. The van der Waals surface area contributed by atoms with Crippen LogP contribution in [-0.2, 0) is 6.54 Å². The summed E-state index contributed by atoms with van der Waals surface area (Å²) in [6, 6.07) is -0.133. The lowest BCUT2D eigenvalue weighted by atomic mass is 10.4. The normalized spacial score (nSPS) is 15.3. The fraction of sp³-hybridized carbons (Fsp3) is 0.545. The van der Waals surface area contributed by atoms with Gasteiger partial charge in [0, 0.05) is 26.2 Å². The van der Waals surface area contributed by atoms with E-state index in [2.05, 4.69) is 15.6 Å². The fourth-order valence-electron chi connectivity index (χ4n) is 1.86. The van der Waals surface area contributed by atoms with Gasteiger partial charge in [-0.3, -0.25) is 0 Å². The number of thiazole rings is 1. The predicted molar refractivity (Wildman–Crippen MR) is 70.5 cm³/mol. The van der Waals surface area contributed by atoms with Crippen LogP contribution in [-0.4, -0.2) is 53.2 Å². The highest BCUT2D eigenvalue weighted by Gasteiger charge is 2.17. The van der Waals surface area contributed by atoms with Gasteiger partial charge in [0.1, 0.15) is 9.88 Å². The number of carboxylic acid groups (broad SMARTS) is 1. The molecule has 3 N–H and O–H groups in total. The van der Waals surface area contributed by atoms with Gasteiger partial charge in [0.05, 0.1) is 12.2 Å². The quantitative estimate of drug-likeness (QED) is 0.740. The molecule has 1 aromatic heterocycles. The number of hydrogen-bond acceptors (Lipinski definition) is 5. The first-order valence-electron chi connectivity index (χ1n) is 6.01. The second-order valence-electron chi connectivity index (χ2n) is 4.22. The molecule has 0 unspecified atom stereocenters. The molecule has 1 saturated heterocycles. The number of aromatic carboxylic acids is 1. The Morgan fingerprint density at radius 1 is 1.47 bits per heavy atom. The van der Waals surface area contributed by atoms with Crippen LogP contribution in [0.3, 0.4) is 0 Å². The molecule has 7 nitrogen and oxygen atoms in total. The maximum Gasteiger partial charge on any atom is 0.347 e. The Balaban J connectivity index is 1.89. The topological polar surface area (TPSA) is 94.6 Å². The Morgan fingerprint density at radius 3 is 2.74 bits per heavy atom. The standard InChI is InChI=1S/C11H16N4O3S/c1-7-9(10(16)17)19-8(14-7)6-13-11(18)15-4-2-12-3-5-15/h12H,2-6H2,1H3,(H,13,18)(H,16,17). The van der Waals surface area contributed by atoms with Crippen molar-refractivity contribution >= 4 is 23.3 Å². The lowest BCUT2D eigenvalue weighted by Gasteiger charge is -2.27. The minimum Gasteiger partial charge on any atom is -0.477 e. The second-order valence-corrected chi connectivity index (χ2v) is 5.31. The maximum absolute atomic E-state index is 11.8. The summed E-state index contributed by atoms with van der Waals surface area (Å²) < 4.78 is 0. The van der Waals surface area contributed by atoms with E-state index in [1.165, 1.54) is 0 Å². The number of rotatable bonds is 3. The lowest BCUT2D eigenvalue weighted by Crippen LogP contribution is -2.50. The number of carboxylic acids is 1. The third-order valence-electron chi connectivity index (χ3n) is 2.83. The minimum absolute atomic E-state index is 0.133. The third-order valence-corrected chi connectivity index (χ3v) is 3.98. The summed E-state index contributed by atoms with van der Waals surface area (Å²) in [6.45, 7) is 4.88. The number of urea groups is 1. The molecule has 1 aliphatic rings. The molecule has 0 spiro atoms. The maximum atomic E-state index is 11.8. The number of nitrogens with one attached hydrogen (secondary N) is 2. The Labute approximate surface area is 114 Å². The summed E-state index contributed by atoms with van der Waals surface area (Å²) in [5, 5.41) is 15.5. The molecule has 2 heterocycles. The summed E-state index contributed by atoms with van der Waals surface area (Å²) in [4.78, 5) is 28.8. The summed E-state index contributed by atoms with van der Waals surface area (Å²) in [5.41, 5.74) is 0.490. The molecule has 19 heavy (non-hydrogen) atoms. The van der Waals surface area contributed by atoms with Crippen LogP contribution >= 0.6 is 11.3 Å². The van der Waals surface area contributed by atoms with E-state index in [0.717, 1.165) is 24.4 Å². The van der Waals surface area contributed by atoms with Crippen LogP contribution in [0.1, 0.15) is 20.4 Å². The molecular formula is C11H16N4O3S. The zero-order valence-corrected chi connectivity index (χ0v) is 11.4. The highest BCUT2D eigenvalue weighted by atomic mass is 32.1. The number of carbonyl (C=O) groups is 2. The van der Waals surface area contributed by atoms with Crippen molar-refractivity contribution in [2.24, 2.45) is 0 Å². The van der Waals surface area contributed by atoms with Crippen molar-refractivity contribution in [3.05, 3.63) is 15.6 Å². The van der Waals surface area contributed by atoms with Gasteiger partial charge in [-0.25, -0.2) is 14.6 Å². The Hall–Kier alpha value is -1.67. The molecule has 1 aliphatic heterocycles. The zero-order valence-electron chi connectivity index (χ0n) is 10.6. The highest BCUT2D eigenvalue weighted by Crippen LogP contribution is 2.17. The van der Waals surface area contributed by atoms with E-state index in [0.29, 0.717) is 23.8 Å². The Morgan fingerprint density at radius 2 is 2.16 bits per heavy atom. The number of amides is 2. The molecule has 0 radical (unpaired) electrons. The van der Waals surface area contributed by atoms with Crippen LogP contribution in [0.15, 0.2) is 0 Å². The fourth-order valence-corrected chi connectivity index (χ4v) is 2.70. The molecule has 0 bridgehead atoms. The number of carbonyl (C=O) groups excluding carboxylic acids is 1. The molecular weight excluding hydrogens is 268 g/mol. The monoisotopic (exact) mass is 284 g/mol. The Kier molecular flexibility index (Phi) is 4.33. The smallest absolute Gasteiger partial charge is 0.347 e. The van der Waals surface area contributed by atoms with Crippen molar-refractivity contribution in [1.82, 2.24) is 20.5 Å². The van der Waals surface area contributed by atoms with Gasteiger partial charge in [-0.15, -0.1) is 11.3 Å². The first kappa shape index (κ1) is 13.8. The van der Waals surface area contributed by atoms with E-state index in [-0.39, 0.29) is 17.5 Å². The van der Waals surface area contributed by atoms with Crippen LogP contribution < -0.4 is 10.6 Å². The zero-order chi connectivity index (χ0) is 13.8. The number of aryl methyl sites for hydroxylation is 1. The number of hydrogen-bond donors (Lipinski definition) is 3. The van der Waals surface area contributed by atoms with Crippen molar-refractivity contribution < 1.29 is 14.7 Å². The van der Waals surface area contributed by atoms with E-state index in [1.807, 2.05) is 0 Å². The van der Waals surface area contributed by atoms with Crippen molar-refractivity contribution in [3.8, 4) is 0 Å². The molecule has 8 heteroatoms. The van der Waals surface area contributed by atoms with E-state index in [1.54, 1.807) is 11.8 Å². The van der Waals surface area contributed by atoms with Gasteiger partial charge in [0.2, 0.25) is 0 Å². The minimum atomic E-state index is -0.977. The predicted octanol–water partition coefficient (Wildman–Crippen LogP) is 0.265. The molecule has 2 rings (SSSR count). The molecule has 2 amide bonds. The van der Waals surface area contributed by atoms with Crippen LogP contribution in [0.4, 0.5) is 4.79 Å². The average molecular weight is 284 g/mol. The van der Waals surface area contributed by atoms with Gasteiger partial charge in [-0.1, -0.05) is 0 Å². The van der Waals surface area contributed by atoms with Crippen molar-refractivity contribution in [2.75, 3.05) is 26.2 Å². The molecule has 0 aromatic carbocycles. The van der Waals surface area contributed by atoms with Crippen molar-refractivity contribution in [1.29, 1.82) is 0 Å². The number of nitrogens with zero attached hydrogens (tertiary/aromatic N) is 2. The van der Waals surface area contributed by atoms with Gasteiger partial charge in [0.15, 0.2) is 0 Å². The molecule has 0 saturated carbocycles. The van der Waals surface area contributed by atoms with E-state index >= 15 is 0 Å². The average Bonchev–Trinajstić information content (AvgIpc) is 2.78. The number of piperazine rings is 1. The van der Waals surface area contributed by atoms with Gasteiger partial charge >= 0.3 is 12.0 Å². The van der Waals surface area contributed by atoms with Crippen LogP contribution in [0.25, 0.3) is 0 Å². The first-order valence-corrected chi connectivity index (χ1v) is 6.82. The molecule has 1 fully saturated rings. The van der Waals surface area contributed by atoms with E-state index < -0.39 is 5.97 Å². The highest BCUT2D eigenvalue weighted by molar-refractivity contribution is 7.13. The third kappa shape index (κ3) is 3.42.